The lowest BCUT2D eigenvalue weighted by Crippen LogP contribution is -2.05. The Bertz CT molecular complexity index is 132. The van der Waals surface area contributed by atoms with Crippen LogP contribution in [0.15, 0.2) is 0 Å². The van der Waals surface area contributed by atoms with Gasteiger partial charge in [-0.2, -0.15) is 0 Å². The molecule has 0 atom stereocenters. The largest absolute Gasteiger partial charge is 0.466 e. The third-order valence-electron chi connectivity index (χ3n) is 2.14. The first-order valence-electron chi connectivity index (χ1n) is 5.76. The van der Waals surface area contributed by atoms with Crippen LogP contribution in [0.4, 0.5) is 0 Å². The zero-order chi connectivity index (χ0) is 10.6. The third-order valence-corrected chi connectivity index (χ3v) is 2.14. The Kier molecular flexibility index (Phi) is 10.2. The highest BCUT2D eigenvalue weighted by Gasteiger charge is 2.00. The first-order chi connectivity index (χ1) is 6.81. The van der Waals surface area contributed by atoms with E-state index in [1.54, 1.807) is 0 Å². The minimum absolute atomic E-state index is 0.0380. The van der Waals surface area contributed by atoms with E-state index in [-0.39, 0.29) is 5.97 Å². The molecule has 0 aromatic carbocycles. The Labute approximate surface area is 88.0 Å². The van der Waals surface area contributed by atoms with Crippen molar-refractivity contribution in [3.05, 3.63) is 6.92 Å². The third kappa shape index (κ3) is 9.56. The maximum absolute atomic E-state index is 11.1. The van der Waals surface area contributed by atoms with Crippen molar-refractivity contribution in [2.24, 2.45) is 0 Å². The smallest absolute Gasteiger partial charge is 0.305 e. The average Bonchev–Trinajstić information content (AvgIpc) is 2.20. The van der Waals surface area contributed by atoms with Crippen LogP contribution < -0.4 is 0 Å². The van der Waals surface area contributed by atoms with E-state index in [4.69, 9.17) is 4.74 Å². The van der Waals surface area contributed by atoms with Crippen LogP contribution in [-0.2, 0) is 9.53 Å². The number of hydrogen-bond acceptors (Lipinski definition) is 2. The molecule has 0 heterocycles. The van der Waals surface area contributed by atoms with Gasteiger partial charge >= 0.3 is 5.97 Å². The number of esters is 1. The number of ether oxygens (including phenoxy) is 1. The van der Waals surface area contributed by atoms with Crippen molar-refractivity contribution < 1.29 is 9.53 Å². The van der Waals surface area contributed by atoms with Gasteiger partial charge in [0.15, 0.2) is 0 Å². The van der Waals surface area contributed by atoms with Gasteiger partial charge in [0.1, 0.15) is 0 Å². The molecular formula is C12H23O2. The number of rotatable bonds is 9. The summed E-state index contributed by atoms with van der Waals surface area (Å²) in [5.41, 5.74) is 0. The molecule has 14 heavy (non-hydrogen) atoms. The highest BCUT2D eigenvalue weighted by Crippen LogP contribution is 2.03. The zero-order valence-corrected chi connectivity index (χ0v) is 9.39. The van der Waals surface area contributed by atoms with E-state index in [0.717, 1.165) is 32.1 Å². The molecule has 0 spiro atoms. The van der Waals surface area contributed by atoms with E-state index in [0.29, 0.717) is 13.0 Å². The van der Waals surface area contributed by atoms with E-state index < -0.39 is 0 Å². The molecule has 0 aliphatic heterocycles. The molecule has 0 bridgehead atoms. The molecule has 0 aliphatic carbocycles. The van der Waals surface area contributed by atoms with Crippen LogP contribution >= 0.6 is 0 Å². The van der Waals surface area contributed by atoms with E-state index >= 15 is 0 Å². The van der Waals surface area contributed by atoms with Crippen molar-refractivity contribution in [1.82, 2.24) is 0 Å². The molecule has 0 aromatic heterocycles. The zero-order valence-electron chi connectivity index (χ0n) is 9.39. The summed E-state index contributed by atoms with van der Waals surface area (Å²) in [5, 5.41) is 0. The molecule has 0 unspecified atom stereocenters. The second-order valence-electron chi connectivity index (χ2n) is 3.59. The van der Waals surface area contributed by atoms with Crippen LogP contribution in [0.3, 0.4) is 0 Å². The molecule has 0 amide bonds. The summed E-state index contributed by atoms with van der Waals surface area (Å²) in [6, 6.07) is 0. The summed E-state index contributed by atoms with van der Waals surface area (Å²) in [6.07, 6.45) is 8.12. The van der Waals surface area contributed by atoms with Gasteiger partial charge in [0.2, 0.25) is 0 Å². The maximum Gasteiger partial charge on any atom is 0.305 e. The maximum atomic E-state index is 11.1. The normalized spacial score (nSPS) is 10.1. The molecule has 0 fully saturated rings. The number of hydrogen-bond donors (Lipinski definition) is 0. The molecule has 83 valence electrons. The van der Waals surface area contributed by atoms with E-state index in [2.05, 4.69) is 13.8 Å². The van der Waals surface area contributed by atoms with Crippen LogP contribution in [-0.4, -0.2) is 12.6 Å². The lowest BCUT2D eigenvalue weighted by Gasteiger charge is -2.03. The van der Waals surface area contributed by atoms with Crippen molar-refractivity contribution in [1.29, 1.82) is 0 Å². The summed E-state index contributed by atoms with van der Waals surface area (Å²) in [6.45, 7) is 6.45. The van der Waals surface area contributed by atoms with Gasteiger partial charge in [0.25, 0.3) is 0 Å². The van der Waals surface area contributed by atoms with Gasteiger partial charge in [-0.3, -0.25) is 4.79 Å². The Morgan fingerprint density at radius 1 is 1.14 bits per heavy atom. The number of unbranched alkanes of at least 4 members (excludes halogenated alkanes) is 5. The van der Waals surface area contributed by atoms with Crippen LogP contribution in [0.5, 0.6) is 0 Å². The summed E-state index contributed by atoms with van der Waals surface area (Å²) in [7, 11) is 0. The lowest BCUT2D eigenvalue weighted by atomic mass is 10.2. The SMILES string of the molecule is [CH2]CCCCCCOC(=O)CCCC. The fourth-order valence-electron chi connectivity index (χ4n) is 1.21. The Balaban J connectivity index is 3.07. The van der Waals surface area contributed by atoms with Gasteiger partial charge in [-0.05, 0) is 12.8 Å². The summed E-state index contributed by atoms with van der Waals surface area (Å²) in [4.78, 5) is 11.1. The molecule has 0 rings (SSSR count). The van der Waals surface area contributed by atoms with E-state index in [1.807, 2.05) is 0 Å². The monoisotopic (exact) mass is 199 g/mol. The van der Waals surface area contributed by atoms with E-state index in [1.165, 1.54) is 12.8 Å². The van der Waals surface area contributed by atoms with Gasteiger partial charge < -0.3 is 4.74 Å². The molecule has 1 radical (unpaired) electrons. The highest BCUT2D eigenvalue weighted by atomic mass is 16.5. The fourth-order valence-corrected chi connectivity index (χ4v) is 1.21. The molecule has 2 heteroatoms. The number of carbonyl (C=O) groups is 1. The van der Waals surface area contributed by atoms with Crippen LogP contribution in [0.1, 0.15) is 58.3 Å². The Morgan fingerprint density at radius 3 is 2.50 bits per heavy atom. The second-order valence-corrected chi connectivity index (χ2v) is 3.59. The van der Waals surface area contributed by atoms with E-state index in [9.17, 15) is 4.79 Å². The van der Waals surface area contributed by atoms with Crippen LogP contribution in [0.2, 0.25) is 0 Å². The highest BCUT2D eigenvalue weighted by molar-refractivity contribution is 5.69. The molecule has 0 N–H and O–H groups in total. The van der Waals surface area contributed by atoms with Crippen molar-refractivity contribution in [2.45, 2.75) is 58.3 Å². The fraction of sp³-hybridized carbons (Fsp3) is 0.833. The summed E-state index contributed by atoms with van der Waals surface area (Å²) in [5.74, 6) is -0.0380. The molecule has 2 nitrogen and oxygen atoms in total. The molecule has 0 aromatic rings. The molecule has 0 saturated heterocycles. The van der Waals surface area contributed by atoms with Gasteiger partial charge in [-0.25, -0.2) is 0 Å². The minimum Gasteiger partial charge on any atom is -0.466 e. The Morgan fingerprint density at radius 2 is 1.86 bits per heavy atom. The van der Waals surface area contributed by atoms with Crippen LogP contribution in [0.25, 0.3) is 0 Å². The first kappa shape index (κ1) is 13.5. The van der Waals surface area contributed by atoms with Crippen molar-refractivity contribution in [3.63, 3.8) is 0 Å². The standard InChI is InChI=1S/C12H23O2/c1-3-5-7-8-9-11-14-12(13)10-6-4-2/h1,3-11H2,2H3. The van der Waals surface area contributed by atoms with Crippen molar-refractivity contribution in [3.8, 4) is 0 Å². The predicted molar refractivity (Wildman–Crippen MR) is 58.9 cm³/mol. The summed E-state index contributed by atoms with van der Waals surface area (Å²) < 4.78 is 5.07. The lowest BCUT2D eigenvalue weighted by molar-refractivity contribution is -0.143. The van der Waals surface area contributed by atoms with Gasteiger partial charge in [-0.1, -0.05) is 46.0 Å². The second kappa shape index (κ2) is 10.6. The van der Waals surface area contributed by atoms with Gasteiger partial charge in [0.05, 0.1) is 6.61 Å². The topological polar surface area (TPSA) is 26.3 Å². The Hall–Kier alpha value is -0.530. The van der Waals surface area contributed by atoms with Crippen molar-refractivity contribution in [2.75, 3.05) is 6.61 Å². The molecular weight excluding hydrogens is 176 g/mol. The number of carbonyl (C=O) groups excluding carboxylic acids is 1. The summed E-state index contributed by atoms with van der Waals surface area (Å²) >= 11 is 0. The predicted octanol–water partition coefficient (Wildman–Crippen LogP) is 3.50. The van der Waals surface area contributed by atoms with Crippen LogP contribution in [0, 0.1) is 6.92 Å². The minimum atomic E-state index is -0.0380. The van der Waals surface area contributed by atoms with Gasteiger partial charge in [-0.15, -0.1) is 0 Å². The first-order valence-corrected chi connectivity index (χ1v) is 5.76. The molecule has 0 saturated carbocycles. The van der Waals surface area contributed by atoms with Gasteiger partial charge in [0, 0.05) is 6.42 Å². The average molecular weight is 199 g/mol. The molecule has 0 aliphatic rings. The quantitative estimate of drug-likeness (QED) is 0.419. The van der Waals surface area contributed by atoms with Crippen molar-refractivity contribution >= 4 is 5.97 Å².